The molecule has 2 rings (SSSR count). The van der Waals surface area contributed by atoms with Gasteiger partial charge in [-0.1, -0.05) is 17.7 Å². The fourth-order valence-corrected chi connectivity index (χ4v) is 3.22. The molecule has 0 bridgehead atoms. The lowest BCUT2D eigenvalue weighted by Crippen LogP contribution is -2.15. The molecule has 0 aliphatic rings. The van der Waals surface area contributed by atoms with Crippen molar-refractivity contribution in [2.45, 2.75) is 13.8 Å². The van der Waals surface area contributed by atoms with Gasteiger partial charge in [-0.25, -0.2) is 12.8 Å². The number of hydrogen-bond donors (Lipinski definition) is 1. The van der Waals surface area contributed by atoms with Crippen LogP contribution in [0.5, 0.6) is 5.75 Å². The number of nitriles is 1. The molecular weight excluding hydrogens is 343 g/mol. The van der Waals surface area contributed by atoms with Crippen LogP contribution in [0.2, 0.25) is 0 Å². The standard InChI is InChI=1S/C18H17FN2O3S/c1-12-4-7-18(13(2)8-12)21-25(22,23)16(11-20)9-14-5-6-15(24-3)10-17(14)19/h4-10,21H,1-3H3/b16-9+. The van der Waals surface area contributed by atoms with Gasteiger partial charge in [0.25, 0.3) is 10.0 Å². The fraction of sp³-hybridized carbons (Fsp3) is 0.167. The number of aryl methyl sites for hydroxylation is 2. The summed E-state index contributed by atoms with van der Waals surface area (Å²) in [5.41, 5.74) is 2.04. The van der Waals surface area contributed by atoms with Crippen molar-refractivity contribution < 1.29 is 17.5 Å². The van der Waals surface area contributed by atoms with Gasteiger partial charge in [0, 0.05) is 11.6 Å². The Hall–Kier alpha value is -2.85. The highest BCUT2D eigenvalue weighted by Crippen LogP contribution is 2.23. The SMILES string of the molecule is COc1ccc(/C=C(\C#N)S(=O)(=O)Nc2ccc(C)cc2C)c(F)c1. The van der Waals surface area contributed by atoms with Gasteiger partial charge in [-0.05, 0) is 43.7 Å². The van der Waals surface area contributed by atoms with Gasteiger partial charge in [-0.15, -0.1) is 0 Å². The van der Waals surface area contributed by atoms with Gasteiger partial charge >= 0.3 is 0 Å². The van der Waals surface area contributed by atoms with Crippen molar-refractivity contribution >= 4 is 21.8 Å². The Morgan fingerprint density at radius 2 is 1.96 bits per heavy atom. The monoisotopic (exact) mass is 360 g/mol. The number of halogens is 1. The fourth-order valence-electron chi connectivity index (χ4n) is 2.19. The third-order valence-corrected chi connectivity index (χ3v) is 4.80. The number of hydrogen-bond acceptors (Lipinski definition) is 4. The highest BCUT2D eigenvalue weighted by atomic mass is 32.2. The first-order valence-corrected chi connectivity index (χ1v) is 8.80. The summed E-state index contributed by atoms with van der Waals surface area (Å²) in [6, 6.07) is 10.7. The molecule has 0 fully saturated rings. The van der Waals surface area contributed by atoms with Gasteiger partial charge < -0.3 is 4.74 Å². The van der Waals surface area contributed by atoms with Crippen molar-refractivity contribution in [1.29, 1.82) is 5.26 Å². The number of anilines is 1. The lowest BCUT2D eigenvalue weighted by Gasteiger charge is -2.10. The number of nitrogens with zero attached hydrogens (tertiary/aromatic N) is 1. The maximum atomic E-state index is 14.0. The molecule has 130 valence electrons. The van der Waals surface area contributed by atoms with Crippen molar-refractivity contribution in [2.75, 3.05) is 11.8 Å². The molecule has 0 heterocycles. The van der Waals surface area contributed by atoms with Gasteiger partial charge in [0.1, 0.15) is 17.6 Å². The number of allylic oxidation sites excluding steroid dienone is 1. The largest absolute Gasteiger partial charge is 0.497 e. The van der Waals surface area contributed by atoms with Crippen LogP contribution in [0.1, 0.15) is 16.7 Å². The Labute approximate surface area is 146 Å². The molecule has 0 spiro atoms. The normalized spacial score (nSPS) is 11.7. The van der Waals surface area contributed by atoms with Crippen LogP contribution in [0.25, 0.3) is 6.08 Å². The summed E-state index contributed by atoms with van der Waals surface area (Å²) in [6.07, 6.45) is 0.987. The van der Waals surface area contributed by atoms with Gasteiger partial charge in [0.15, 0.2) is 4.91 Å². The number of benzene rings is 2. The van der Waals surface area contributed by atoms with E-state index in [1.54, 1.807) is 25.1 Å². The van der Waals surface area contributed by atoms with Crippen LogP contribution in [-0.2, 0) is 10.0 Å². The molecule has 0 radical (unpaired) electrons. The summed E-state index contributed by atoms with van der Waals surface area (Å²) >= 11 is 0. The smallest absolute Gasteiger partial charge is 0.272 e. The first-order valence-electron chi connectivity index (χ1n) is 7.32. The van der Waals surface area contributed by atoms with E-state index in [1.807, 2.05) is 13.0 Å². The quantitative estimate of drug-likeness (QED) is 0.824. The van der Waals surface area contributed by atoms with E-state index in [-0.39, 0.29) is 5.56 Å². The first kappa shape index (κ1) is 18.5. The van der Waals surface area contributed by atoms with E-state index >= 15 is 0 Å². The van der Waals surface area contributed by atoms with E-state index in [9.17, 15) is 18.1 Å². The zero-order valence-electron chi connectivity index (χ0n) is 14.0. The summed E-state index contributed by atoms with van der Waals surface area (Å²) in [5.74, 6) is -0.391. The molecule has 7 heteroatoms. The number of rotatable bonds is 5. The second-order valence-electron chi connectivity index (χ2n) is 5.43. The predicted molar refractivity (Wildman–Crippen MR) is 95.0 cm³/mol. The summed E-state index contributed by atoms with van der Waals surface area (Å²) in [4.78, 5) is -0.587. The maximum Gasteiger partial charge on any atom is 0.272 e. The Morgan fingerprint density at radius 3 is 2.52 bits per heavy atom. The maximum absolute atomic E-state index is 14.0. The molecule has 0 unspecified atom stereocenters. The lowest BCUT2D eigenvalue weighted by molar-refractivity contribution is 0.411. The van der Waals surface area contributed by atoms with Gasteiger partial charge in [0.05, 0.1) is 12.8 Å². The molecule has 2 aromatic carbocycles. The Balaban J connectivity index is 2.40. The van der Waals surface area contributed by atoms with Crippen molar-refractivity contribution in [3.8, 4) is 11.8 Å². The zero-order valence-corrected chi connectivity index (χ0v) is 14.8. The van der Waals surface area contributed by atoms with Crippen molar-refractivity contribution in [1.82, 2.24) is 0 Å². The van der Waals surface area contributed by atoms with Crippen LogP contribution in [0.3, 0.4) is 0 Å². The van der Waals surface area contributed by atoms with Crippen LogP contribution >= 0.6 is 0 Å². The Morgan fingerprint density at radius 1 is 1.24 bits per heavy atom. The molecule has 0 atom stereocenters. The van der Waals surface area contributed by atoms with Crippen LogP contribution in [0.4, 0.5) is 10.1 Å². The topological polar surface area (TPSA) is 79.2 Å². The molecule has 0 saturated carbocycles. The van der Waals surface area contributed by atoms with Crippen molar-refractivity contribution in [2.24, 2.45) is 0 Å². The van der Waals surface area contributed by atoms with E-state index < -0.39 is 20.7 Å². The van der Waals surface area contributed by atoms with Crippen molar-refractivity contribution in [3.05, 3.63) is 63.8 Å². The van der Waals surface area contributed by atoms with Gasteiger partial charge in [-0.2, -0.15) is 5.26 Å². The molecule has 1 N–H and O–H groups in total. The van der Waals surface area contributed by atoms with Crippen molar-refractivity contribution in [3.63, 3.8) is 0 Å². The lowest BCUT2D eigenvalue weighted by atomic mass is 10.1. The Kier molecular flexibility index (Phi) is 5.45. The number of sulfonamides is 1. The highest BCUT2D eigenvalue weighted by Gasteiger charge is 2.19. The van der Waals surface area contributed by atoms with Crippen LogP contribution in [0.15, 0.2) is 41.3 Å². The summed E-state index contributed by atoms with van der Waals surface area (Å²) < 4.78 is 46.2. The summed E-state index contributed by atoms with van der Waals surface area (Å²) in [6.45, 7) is 3.64. The second kappa shape index (κ2) is 7.36. The molecule has 0 saturated heterocycles. The summed E-state index contributed by atoms with van der Waals surface area (Å²) in [7, 11) is -2.75. The highest BCUT2D eigenvalue weighted by molar-refractivity contribution is 7.97. The minimum atomic E-state index is -4.14. The first-order chi connectivity index (χ1) is 11.8. The zero-order chi connectivity index (χ0) is 18.6. The van der Waals surface area contributed by atoms with Gasteiger partial charge in [0.2, 0.25) is 0 Å². The van der Waals surface area contributed by atoms with E-state index in [2.05, 4.69) is 4.72 Å². The molecule has 0 aliphatic heterocycles. The third kappa shape index (κ3) is 4.37. The Bertz CT molecular complexity index is 976. The summed E-state index contributed by atoms with van der Waals surface area (Å²) in [5, 5.41) is 9.22. The van der Waals surface area contributed by atoms with Crippen LogP contribution in [0, 0.1) is 31.0 Å². The molecule has 2 aromatic rings. The number of ether oxygens (including phenoxy) is 1. The third-order valence-electron chi connectivity index (χ3n) is 3.52. The number of nitrogens with one attached hydrogen (secondary N) is 1. The van der Waals surface area contributed by atoms with Crippen LogP contribution in [-0.4, -0.2) is 15.5 Å². The molecule has 0 aromatic heterocycles. The van der Waals surface area contributed by atoms with E-state index in [1.165, 1.54) is 19.2 Å². The van der Waals surface area contributed by atoms with E-state index in [0.29, 0.717) is 11.4 Å². The predicted octanol–water partition coefficient (Wildman–Crippen LogP) is 3.76. The molecular formula is C18H17FN2O3S. The van der Waals surface area contributed by atoms with Crippen LogP contribution < -0.4 is 9.46 Å². The molecule has 0 aliphatic carbocycles. The average molecular weight is 360 g/mol. The van der Waals surface area contributed by atoms with E-state index in [4.69, 9.17) is 4.74 Å². The minimum Gasteiger partial charge on any atom is -0.497 e. The average Bonchev–Trinajstić information content (AvgIpc) is 2.56. The van der Waals surface area contributed by atoms with Gasteiger partial charge in [-0.3, -0.25) is 4.72 Å². The molecule has 25 heavy (non-hydrogen) atoms. The minimum absolute atomic E-state index is 0.0247. The number of methoxy groups -OCH3 is 1. The second-order valence-corrected chi connectivity index (χ2v) is 7.08. The van der Waals surface area contributed by atoms with E-state index in [0.717, 1.165) is 23.3 Å². The molecule has 5 nitrogen and oxygen atoms in total. The molecule has 0 amide bonds.